The van der Waals surface area contributed by atoms with Crippen molar-refractivity contribution in [1.82, 2.24) is 5.32 Å². The first-order valence-electron chi connectivity index (χ1n) is 11.2. The van der Waals surface area contributed by atoms with E-state index in [1.807, 2.05) is 43.3 Å². The summed E-state index contributed by atoms with van der Waals surface area (Å²) in [4.78, 5) is 26.7. The second-order valence-corrected chi connectivity index (χ2v) is 9.72. The zero-order valence-electron chi connectivity index (χ0n) is 18.5. The Kier molecular flexibility index (Phi) is 7.13. The topological polar surface area (TPSA) is 55.4 Å². The van der Waals surface area contributed by atoms with Crippen molar-refractivity contribution >= 4 is 34.3 Å². The quantitative estimate of drug-likeness (QED) is 0.277. The van der Waals surface area contributed by atoms with Crippen LogP contribution in [0.5, 0.6) is 0 Å². The molecule has 1 aliphatic carbocycles. The Balaban J connectivity index is 1.75. The maximum atomic E-state index is 13.5. The third-order valence-electron chi connectivity index (χ3n) is 6.23. The minimum atomic E-state index is -0.403. The van der Waals surface area contributed by atoms with Gasteiger partial charge in [0.15, 0.2) is 5.78 Å². The normalized spacial score (nSPS) is 20.7. The molecule has 0 amide bonds. The van der Waals surface area contributed by atoms with Crippen LogP contribution in [0.2, 0.25) is 0 Å². The number of ether oxygens (including phenoxy) is 1. The molecule has 5 heteroatoms. The maximum Gasteiger partial charge on any atom is 0.336 e. The van der Waals surface area contributed by atoms with Crippen molar-refractivity contribution in [3.63, 3.8) is 0 Å². The molecule has 1 N–H and O–H groups in total. The first-order chi connectivity index (χ1) is 15.5. The molecule has 2 aromatic rings. The molecule has 0 fully saturated rings. The Bertz CT molecular complexity index is 1090. The molecule has 0 aromatic heterocycles. The van der Waals surface area contributed by atoms with Crippen molar-refractivity contribution < 1.29 is 14.3 Å². The molecule has 2 atom stereocenters. The number of Topliss-reactive ketones (excluding diaryl/α,β-unsaturated/α-hetero) is 1. The second kappa shape index (κ2) is 10.0. The molecular formula is C27H28INO3. The summed E-state index contributed by atoms with van der Waals surface area (Å²) in [6, 6.07) is 18.3. The van der Waals surface area contributed by atoms with Crippen LogP contribution < -0.4 is 5.32 Å². The number of rotatable bonds is 6. The van der Waals surface area contributed by atoms with Crippen molar-refractivity contribution in [1.29, 1.82) is 0 Å². The first kappa shape index (κ1) is 22.8. The van der Waals surface area contributed by atoms with Crippen LogP contribution in [0.1, 0.15) is 62.5 Å². The standard InChI is InChI=1S/C27H28INO3/c1-3-4-13-32-27(31)24-17(2)29-22-15-20(18-9-6-5-7-10-18)16-23(30)26(22)25(24)19-11-8-12-21(28)14-19/h5-12,14,20,25,29H,3-4,13,15-16H2,1-2H3/t20-,25+/m1/s1. The molecule has 32 heavy (non-hydrogen) atoms. The predicted molar refractivity (Wildman–Crippen MR) is 134 cm³/mol. The smallest absolute Gasteiger partial charge is 0.336 e. The lowest BCUT2D eigenvalue weighted by Gasteiger charge is -2.36. The molecule has 166 valence electrons. The number of allylic oxidation sites excluding steroid dienone is 3. The molecule has 0 spiro atoms. The summed E-state index contributed by atoms with van der Waals surface area (Å²) in [6.45, 7) is 4.37. The van der Waals surface area contributed by atoms with Gasteiger partial charge in [-0.2, -0.15) is 0 Å². The van der Waals surface area contributed by atoms with Gasteiger partial charge < -0.3 is 10.1 Å². The van der Waals surface area contributed by atoms with E-state index in [9.17, 15) is 9.59 Å². The van der Waals surface area contributed by atoms with Crippen LogP contribution in [-0.4, -0.2) is 18.4 Å². The van der Waals surface area contributed by atoms with E-state index < -0.39 is 5.92 Å². The maximum absolute atomic E-state index is 13.5. The van der Waals surface area contributed by atoms with E-state index in [1.54, 1.807) is 0 Å². The fraction of sp³-hybridized carbons (Fsp3) is 0.333. The zero-order valence-corrected chi connectivity index (χ0v) is 20.6. The van der Waals surface area contributed by atoms with Gasteiger partial charge in [0.05, 0.1) is 12.2 Å². The molecule has 1 heterocycles. The van der Waals surface area contributed by atoms with Crippen molar-refractivity contribution in [2.24, 2.45) is 0 Å². The molecule has 1 aliphatic heterocycles. The Labute approximate surface area is 203 Å². The molecule has 0 saturated heterocycles. The number of carbonyl (C=O) groups is 2. The summed E-state index contributed by atoms with van der Waals surface area (Å²) in [6.07, 6.45) is 2.98. The van der Waals surface area contributed by atoms with Gasteiger partial charge in [-0.1, -0.05) is 55.8 Å². The third kappa shape index (κ3) is 4.68. The van der Waals surface area contributed by atoms with Crippen LogP contribution >= 0.6 is 22.6 Å². The number of esters is 1. The van der Waals surface area contributed by atoms with Gasteiger partial charge in [-0.25, -0.2) is 4.79 Å². The largest absolute Gasteiger partial charge is 0.462 e. The number of halogens is 1. The highest BCUT2D eigenvalue weighted by Crippen LogP contribution is 2.45. The molecule has 4 rings (SSSR count). The first-order valence-corrected chi connectivity index (χ1v) is 12.3. The number of unbranched alkanes of at least 4 members (excludes halogenated alkanes) is 1. The fourth-order valence-corrected chi connectivity index (χ4v) is 5.24. The van der Waals surface area contributed by atoms with E-state index in [4.69, 9.17) is 4.74 Å². The van der Waals surface area contributed by atoms with Crippen molar-refractivity contribution in [2.45, 2.75) is 51.4 Å². The van der Waals surface area contributed by atoms with Crippen LogP contribution in [-0.2, 0) is 14.3 Å². The van der Waals surface area contributed by atoms with Crippen LogP contribution in [0, 0.1) is 3.57 Å². The van der Waals surface area contributed by atoms with Crippen molar-refractivity contribution in [3.8, 4) is 0 Å². The summed E-state index contributed by atoms with van der Waals surface area (Å²) >= 11 is 2.27. The van der Waals surface area contributed by atoms with Gasteiger partial charge in [-0.15, -0.1) is 0 Å². The Morgan fingerprint density at radius 2 is 1.84 bits per heavy atom. The van der Waals surface area contributed by atoms with Crippen LogP contribution in [0.3, 0.4) is 0 Å². The van der Waals surface area contributed by atoms with Gasteiger partial charge in [0, 0.05) is 32.9 Å². The number of dihydropyridines is 1. The van der Waals surface area contributed by atoms with Crippen molar-refractivity contribution in [3.05, 3.63) is 91.8 Å². The number of hydrogen-bond donors (Lipinski definition) is 1. The average molecular weight is 541 g/mol. The highest BCUT2D eigenvalue weighted by molar-refractivity contribution is 14.1. The van der Waals surface area contributed by atoms with Gasteiger partial charge in [0.1, 0.15) is 0 Å². The third-order valence-corrected chi connectivity index (χ3v) is 6.90. The monoisotopic (exact) mass is 541 g/mol. The fourth-order valence-electron chi connectivity index (χ4n) is 4.68. The lowest BCUT2D eigenvalue weighted by molar-refractivity contribution is -0.139. The van der Waals surface area contributed by atoms with E-state index in [0.29, 0.717) is 24.2 Å². The Hall–Kier alpha value is -2.41. The SMILES string of the molecule is CCCCOC(=O)C1=C(C)NC2=C(C(=O)C[C@H](c3ccccc3)C2)[C@H]1c1cccc(I)c1. The Morgan fingerprint density at radius 3 is 2.56 bits per heavy atom. The van der Waals surface area contributed by atoms with Crippen molar-refractivity contribution in [2.75, 3.05) is 6.61 Å². The number of carbonyl (C=O) groups excluding carboxylic acids is 2. The number of benzene rings is 2. The van der Waals surface area contributed by atoms with Gasteiger partial charge in [-0.05, 0) is 71.5 Å². The molecule has 0 saturated carbocycles. The number of ketones is 1. The summed E-state index contributed by atoms with van der Waals surface area (Å²) in [7, 11) is 0. The average Bonchev–Trinajstić information content (AvgIpc) is 2.78. The highest BCUT2D eigenvalue weighted by atomic mass is 127. The molecular weight excluding hydrogens is 513 g/mol. The zero-order chi connectivity index (χ0) is 22.7. The Morgan fingerprint density at radius 1 is 1.09 bits per heavy atom. The van der Waals surface area contributed by atoms with Gasteiger partial charge in [-0.3, -0.25) is 4.79 Å². The van der Waals surface area contributed by atoms with E-state index >= 15 is 0 Å². The van der Waals surface area contributed by atoms with Gasteiger partial charge >= 0.3 is 5.97 Å². The molecule has 2 aliphatic rings. The minimum absolute atomic E-state index is 0.0998. The number of nitrogens with one attached hydrogen (secondary N) is 1. The highest BCUT2D eigenvalue weighted by Gasteiger charge is 2.41. The molecule has 2 aromatic carbocycles. The summed E-state index contributed by atoms with van der Waals surface area (Å²) in [5, 5.41) is 3.42. The molecule has 0 bridgehead atoms. The van der Waals surface area contributed by atoms with E-state index in [-0.39, 0.29) is 17.7 Å². The van der Waals surface area contributed by atoms with E-state index in [2.05, 4.69) is 53.0 Å². The number of hydrogen-bond acceptors (Lipinski definition) is 4. The molecule has 0 radical (unpaired) electrons. The van der Waals surface area contributed by atoms with Gasteiger partial charge in [0.2, 0.25) is 0 Å². The second-order valence-electron chi connectivity index (χ2n) is 8.47. The summed E-state index contributed by atoms with van der Waals surface area (Å²) < 4.78 is 6.68. The van der Waals surface area contributed by atoms with E-state index in [0.717, 1.165) is 39.8 Å². The van der Waals surface area contributed by atoms with Crippen LogP contribution in [0.25, 0.3) is 0 Å². The lowest BCUT2D eigenvalue weighted by atomic mass is 9.72. The van der Waals surface area contributed by atoms with E-state index in [1.165, 1.54) is 5.56 Å². The van der Waals surface area contributed by atoms with Crippen LogP contribution in [0.4, 0.5) is 0 Å². The molecule has 4 nitrogen and oxygen atoms in total. The van der Waals surface area contributed by atoms with Crippen LogP contribution in [0.15, 0.2) is 77.1 Å². The molecule has 0 unspecified atom stereocenters. The van der Waals surface area contributed by atoms with Gasteiger partial charge in [0.25, 0.3) is 0 Å². The summed E-state index contributed by atoms with van der Waals surface area (Å²) in [5.41, 5.74) is 5.10. The predicted octanol–water partition coefficient (Wildman–Crippen LogP) is 6.00. The lowest BCUT2D eigenvalue weighted by Crippen LogP contribution is -2.36. The summed E-state index contributed by atoms with van der Waals surface area (Å²) in [5.74, 6) is -0.503. The minimum Gasteiger partial charge on any atom is -0.462 e.